The van der Waals surface area contributed by atoms with Crippen molar-refractivity contribution in [1.29, 1.82) is 0 Å². The molecule has 0 aromatic carbocycles. The normalized spacial score (nSPS) is 11.7. The van der Waals surface area contributed by atoms with E-state index in [4.69, 9.17) is 5.11 Å². The summed E-state index contributed by atoms with van der Waals surface area (Å²) < 4.78 is 22.5. The molecule has 0 aromatic rings. The first kappa shape index (κ1) is 12.2. The molecule has 0 saturated carbocycles. The van der Waals surface area contributed by atoms with E-state index in [1.165, 1.54) is 0 Å². The molecule has 5 nitrogen and oxygen atoms in total. The van der Waals surface area contributed by atoms with Crippen LogP contribution in [0.3, 0.4) is 0 Å². The van der Waals surface area contributed by atoms with Gasteiger partial charge in [-0.1, -0.05) is 0 Å². The fraction of sp³-hybridized carbons (Fsp3) is 0.500. The first-order chi connectivity index (χ1) is 3.63. The van der Waals surface area contributed by atoms with Gasteiger partial charge in [0.25, 0.3) is 0 Å². The molecular weight excluding hydrogens is 159 g/mol. The third-order valence-electron chi connectivity index (χ3n) is 0.279. The second kappa shape index (κ2) is 6.66. The quantitative estimate of drug-likeness (QED) is 0.338. The summed E-state index contributed by atoms with van der Waals surface area (Å²) >= 11 is -2.72. The number of hydrogen-bond acceptors (Lipinski definition) is 4. The summed E-state index contributed by atoms with van der Waals surface area (Å²) in [5, 5.41) is 7.76. The number of carbonyl (C=O) groups is 1. The van der Waals surface area contributed by atoms with Gasteiger partial charge in [0, 0.05) is 0 Å². The number of carboxylic acids is 1. The predicted molar refractivity (Wildman–Crippen MR) is 23.6 cm³/mol. The molecule has 1 unspecified atom stereocenters. The predicted octanol–water partition coefficient (Wildman–Crippen LogP) is -4.00. The maximum absolute atomic E-state index is 9.51. The van der Waals surface area contributed by atoms with Gasteiger partial charge >= 0.3 is 35.5 Å². The Morgan fingerprint density at radius 3 is 2.44 bits per heavy atom. The van der Waals surface area contributed by atoms with E-state index in [0.29, 0.717) is 0 Å². The SMILES string of the molecule is O=C(O)COS(=O)[O-].[H-].[Na+]. The monoisotopic (exact) mass is 163 g/mol. The fourth-order valence-corrected chi connectivity index (χ4v) is 0.296. The minimum Gasteiger partial charge on any atom is -1.00 e. The van der Waals surface area contributed by atoms with Crippen LogP contribution in [0.1, 0.15) is 1.43 Å². The average Bonchev–Trinajstić information content (AvgIpc) is 1.61. The third-order valence-corrected chi connectivity index (χ3v) is 0.589. The zero-order valence-corrected chi connectivity index (χ0v) is 7.51. The van der Waals surface area contributed by atoms with E-state index in [0.717, 1.165) is 0 Å². The molecule has 0 rings (SSSR count). The molecule has 1 atom stereocenters. The van der Waals surface area contributed by atoms with Crippen molar-refractivity contribution in [3.63, 3.8) is 0 Å². The Hall–Kier alpha value is 0.540. The molecule has 0 fully saturated rings. The van der Waals surface area contributed by atoms with Crippen LogP contribution in [-0.4, -0.2) is 26.4 Å². The largest absolute Gasteiger partial charge is 1.00 e. The fourth-order valence-electron chi connectivity index (χ4n) is 0.0985. The van der Waals surface area contributed by atoms with Crippen molar-refractivity contribution in [2.24, 2.45) is 0 Å². The summed E-state index contributed by atoms with van der Waals surface area (Å²) in [7, 11) is 0. The molecule has 0 aliphatic rings. The van der Waals surface area contributed by atoms with E-state index in [1.807, 2.05) is 0 Å². The summed E-state index contributed by atoms with van der Waals surface area (Å²) in [6.07, 6.45) is 0. The molecule has 0 spiro atoms. The van der Waals surface area contributed by atoms with Crippen molar-refractivity contribution in [2.75, 3.05) is 6.61 Å². The number of aliphatic carboxylic acids is 1. The zero-order valence-electron chi connectivity index (χ0n) is 5.70. The van der Waals surface area contributed by atoms with Gasteiger partial charge in [-0.15, -0.1) is 0 Å². The smallest absolute Gasteiger partial charge is 1.00 e. The summed E-state index contributed by atoms with van der Waals surface area (Å²) in [5.41, 5.74) is 0. The van der Waals surface area contributed by atoms with E-state index < -0.39 is 23.9 Å². The van der Waals surface area contributed by atoms with Crippen molar-refractivity contribution < 1.29 is 53.8 Å². The average molecular weight is 163 g/mol. The van der Waals surface area contributed by atoms with Crippen LogP contribution in [0.25, 0.3) is 0 Å². The maximum atomic E-state index is 9.51. The van der Waals surface area contributed by atoms with E-state index >= 15 is 0 Å². The van der Waals surface area contributed by atoms with Gasteiger partial charge in [-0.3, -0.25) is 4.18 Å². The maximum Gasteiger partial charge on any atom is 1.00 e. The van der Waals surface area contributed by atoms with Crippen LogP contribution in [-0.2, 0) is 20.3 Å². The summed E-state index contributed by atoms with van der Waals surface area (Å²) in [6.45, 7) is -0.809. The van der Waals surface area contributed by atoms with Gasteiger partial charge in [0.1, 0.15) is 0 Å². The Morgan fingerprint density at radius 2 is 2.33 bits per heavy atom. The molecule has 0 radical (unpaired) electrons. The van der Waals surface area contributed by atoms with E-state index in [-0.39, 0.29) is 31.0 Å². The standard InChI is InChI=1S/C2H4O5S.Na.H/c3-2(4)1-7-8(5)6;;/h1H2,(H,3,4)(H,5,6);;/q;+1;-1/p-1. The van der Waals surface area contributed by atoms with Gasteiger partial charge < -0.3 is 11.1 Å². The van der Waals surface area contributed by atoms with Crippen LogP contribution in [0, 0.1) is 0 Å². The Labute approximate surface area is 77.7 Å². The van der Waals surface area contributed by atoms with Gasteiger partial charge in [-0.2, -0.15) is 0 Å². The van der Waals surface area contributed by atoms with Gasteiger partial charge in [-0.25, -0.2) is 9.00 Å². The molecule has 0 saturated heterocycles. The molecule has 1 N–H and O–H groups in total. The van der Waals surface area contributed by atoms with E-state index in [9.17, 15) is 13.6 Å². The van der Waals surface area contributed by atoms with Gasteiger partial charge in [0.15, 0.2) is 6.61 Å². The number of carboxylic acid groups (broad SMARTS) is 1. The molecule has 50 valence electrons. The van der Waals surface area contributed by atoms with Crippen LogP contribution in [0.15, 0.2) is 0 Å². The minimum absolute atomic E-state index is 0. The summed E-state index contributed by atoms with van der Waals surface area (Å²) in [6, 6.07) is 0. The van der Waals surface area contributed by atoms with Crippen LogP contribution in [0.5, 0.6) is 0 Å². The Bertz CT molecular complexity index is 104. The third kappa shape index (κ3) is 11.9. The first-order valence-corrected chi connectivity index (χ1v) is 2.57. The zero-order chi connectivity index (χ0) is 6.57. The second-order valence-corrected chi connectivity index (χ2v) is 1.50. The molecule has 0 bridgehead atoms. The van der Waals surface area contributed by atoms with Gasteiger partial charge in [0.05, 0.1) is 11.4 Å². The van der Waals surface area contributed by atoms with Crippen LogP contribution >= 0.6 is 0 Å². The molecular formula is C2H4NaO5S-. The van der Waals surface area contributed by atoms with Gasteiger partial charge in [-0.05, 0) is 0 Å². The Morgan fingerprint density at radius 1 is 1.89 bits per heavy atom. The van der Waals surface area contributed by atoms with E-state index in [1.54, 1.807) is 0 Å². The molecule has 0 aliphatic carbocycles. The van der Waals surface area contributed by atoms with Crippen molar-refractivity contribution in [3.05, 3.63) is 0 Å². The van der Waals surface area contributed by atoms with Crippen LogP contribution in [0.2, 0.25) is 0 Å². The van der Waals surface area contributed by atoms with Crippen molar-refractivity contribution in [2.45, 2.75) is 0 Å². The van der Waals surface area contributed by atoms with Crippen LogP contribution in [0.4, 0.5) is 0 Å². The summed E-state index contributed by atoms with van der Waals surface area (Å²) in [5.74, 6) is -1.31. The molecule has 0 heterocycles. The molecule has 0 aromatic heterocycles. The molecule has 9 heavy (non-hydrogen) atoms. The minimum atomic E-state index is -2.72. The first-order valence-electron chi connectivity index (χ1n) is 1.57. The van der Waals surface area contributed by atoms with E-state index in [2.05, 4.69) is 4.18 Å². The molecule has 0 amide bonds. The summed E-state index contributed by atoms with van der Waals surface area (Å²) in [4.78, 5) is 9.51. The molecule has 7 heteroatoms. The topological polar surface area (TPSA) is 86.7 Å². The van der Waals surface area contributed by atoms with Crippen molar-refractivity contribution in [3.8, 4) is 0 Å². The number of rotatable bonds is 3. The van der Waals surface area contributed by atoms with Gasteiger partial charge in [0.2, 0.25) is 0 Å². The second-order valence-electron chi connectivity index (χ2n) is 0.860. The van der Waals surface area contributed by atoms with Crippen molar-refractivity contribution in [1.82, 2.24) is 0 Å². The number of hydrogen-bond donors (Lipinski definition) is 1. The van der Waals surface area contributed by atoms with Crippen molar-refractivity contribution >= 4 is 17.3 Å². The Kier molecular flexibility index (Phi) is 9.05. The molecule has 0 aliphatic heterocycles. The van der Waals surface area contributed by atoms with Crippen LogP contribution < -0.4 is 29.6 Å². The Balaban J connectivity index is -0.000000245.